The van der Waals surface area contributed by atoms with Crippen LogP contribution in [0.15, 0.2) is 77.7 Å². The number of urea groups is 1. The second-order valence-electron chi connectivity index (χ2n) is 6.28. The van der Waals surface area contributed by atoms with Gasteiger partial charge in [0, 0.05) is 11.3 Å². The summed E-state index contributed by atoms with van der Waals surface area (Å²) < 4.78 is 61.9. The Balaban J connectivity index is 1.92. The van der Waals surface area contributed by atoms with E-state index in [9.17, 15) is 26.4 Å². The number of carbonyl (C=O) groups is 1. The van der Waals surface area contributed by atoms with Gasteiger partial charge in [-0.25, -0.2) is 18.4 Å². The van der Waals surface area contributed by atoms with Crippen LogP contribution in [0, 0.1) is 0 Å². The van der Waals surface area contributed by atoms with E-state index in [1.54, 1.807) is 30.3 Å². The van der Waals surface area contributed by atoms with Crippen molar-refractivity contribution in [2.45, 2.75) is 11.1 Å². The lowest BCUT2D eigenvalue weighted by atomic mass is 10.0. The van der Waals surface area contributed by atoms with E-state index in [4.69, 9.17) is 5.14 Å². The average Bonchev–Trinajstić information content (AvgIpc) is 2.67. The Bertz CT molecular complexity index is 1180. The van der Waals surface area contributed by atoms with E-state index in [0.717, 1.165) is 18.2 Å². The largest absolute Gasteiger partial charge is 0.416 e. The summed E-state index contributed by atoms with van der Waals surface area (Å²) in [5, 5.41) is 9.95. The van der Waals surface area contributed by atoms with Gasteiger partial charge in [-0.15, -0.1) is 0 Å². The summed E-state index contributed by atoms with van der Waals surface area (Å²) in [5.41, 5.74) is 0.319. The molecule has 0 fully saturated rings. The highest BCUT2D eigenvalue weighted by molar-refractivity contribution is 7.89. The second kappa shape index (κ2) is 8.17. The molecule has 0 unspecified atom stereocenters. The van der Waals surface area contributed by atoms with Crippen LogP contribution in [-0.4, -0.2) is 14.4 Å². The number of anilines is 2. The monoisotopic (exact) mass is 435 g/mol. The number of rotatable bonds is 4. The number of sulfonamides is 1. The number of benzene rings is 3. The molecule has 0 aliphatic rings. The average molecular weight is 435 g/mol. The lowest BCUT2D eigenvalue weighted by molar-refractivity contribution is -0.137. The molecule has 0 heterocycles. The third-order valence-electron chi connectivity index (χ3n) is 4.10. The minimum Gasteiger partial charge on any atom is -0.308 e. The molecule has 0 saturated heterocycles. The molecule has 0 spiro atoms. The molecule has 6 nitrogen and oxygen atoms in total. The standard InChI is InChI=1S/C20H16F3N3O3S/c21-20(22,23)14-7-4-8-15(11-14)25-19(27)26-18-12-16(30(24,28)29)9-10-17(18)13-5-2-1-3-6-13/h1-12H,(H2,24,28,29)(H2,25,26,27). The summed E-state index contributed by atoms with van der Waals surface area (Å²) in [6, 6.07) is 16.1. The summed E-state index contributed by atoms with van der Waals surface area (Å²) in [4.78, 5) is 12.2. The summed E-state index contributed by atoms with van der Waals surface area (Å²) >= 11 is 0. The number of hydrogen-bond acceptors (Lipinski definition) is 3. The highest BCUT2D eigenvalue weighted by Crippen LogP contribution is 2.32. The van der Waals surface area contributed by atoms with E-state index in [-0.39, 0.29) is 16.3 Å². The van der Waals surface area contributed by atoms with Crippen LogP contribution in [0.2, 0.25) is 0 Å². The SMILES string of the molecule is NS(=O)(=O)c1ccc(-c2ccccc2)c(NC(=O)Nc2cccc(C(F)(F)F)c2)c1. The van der Waals surface area contributed by atoms with Gasteiger partial charge in [0.2, 0.25) is 10.0 Å². The van der Waals surface area contributed by atoms with Crippen molar-refractivity contribution >= 4 is 27.4 Å². The van der Waals surface area contributed by atoms with Crippen molar-refractivity contribution in [3.05, 3.63) is 78.4 Å². The number of carbonyl (C=O) groups excluding carboxylic acids is 1. The lowest BCUT2D eigenvalue weighted by Crippen LogP contribution is -2.21. The maximum Gasteiger partial charge on any atom is 0.416 e. The quantitative estimate of drug-likeness (QED) is 0.555. The van der Waals surface area contributed by atoms with Crippen molar-refractivity contribution in [3.8, 4) is 11.1 Å². The fourth-order valence-electron chi connectivity index (χ4n) is 2.73. The molecule has 0 aromatic heterocycles. The molecule has 0 saturated carbocycles. The molecular weight excluding hydrogens is 419 g/mol. The van der Waals surface area contributed by atoms with Crippen LogP contribution in [0.4, 0.5) is 29.3 Å². The van der Waals surface area contributed by atoms with Crippen molar-refractivity contribution in [2.24, 2.45) is 5.14 Å². The molecule has 10 heteroatoms. The van der Waals surface area contributed by atoms with Crippen LogP contribution in [0.5, 0.6) is 0 Å². The number of amides is 2. The van der Waals surface area contributed by atoms with Gasteiger partial charge in [0.1, 0.15) is 0 Å². The van der Waals surface area contributed by atoms with Gasteiger partial charge in [-0.2, -0.15) is 13.2 Å². The zero-order valence-corrected chi connectivity index (χ0v) is 16.1. The molecule has 3 aromatic rings. The van der Waals surface area contributed by atoms with Crippen molar-refractivity contribution in [2.75, 3.05) is 10.6 Å². The van der Waals surface area contributed by atoms with Crippen LogP contribution in [0.25, 0.3) is 11.1 Å². The summed E-state index contributed by atoms with van der Waals surface area (Å²) in [6.45, 7) is 0. The number of primary sulfonamides is 1. The lowest BCUT2D eigenvalue weighted by Gasteiger charge is -2.14. The number of nitrogens with two attached hydrogens (primary N) is 1. The first kappa shape index (κ1) is 21.3. The minimum absolute atomic E-state index is 0.0776. The predicted octanol–water partition coefficient (Wildman–Crippen LogP) is 4.66. The van der Waals surface area contributed by atoms with Gasteiger partial charge in [0.15, 0.2) is 0 Å². The van der Waals surface area contributed by atoms with Gasteiger partial charge in [0.05, 0.1) is 16.1 Å². The second-order valence-corrected chi connectivity index (χ2v) is 7.84. The van der Waals surface area contributed by atoms with E-state index in [0.29, 0.717) is 11.1 Å². The molecule has 3 rings (SSSR count). The molecule has 0 atom stereocenters. The fourth-order valence-corrected chi connectivity index (χ4v) is 3.27. The van der Waals surface area contributed by atoms with Crippen LogP contribution in [-0.2, 0) is 16.2 Å². The Labute approximate surface area is 170 Å². The third-order valence-corrected chi connectivity index (χ3v) is 5.01. The highest BCUT2D eigenvalue weighted by atomic mass is 32.2. The van der Waals surface area contributed by atoms with Gasteiger partial charge in [0.25, 0.3) is 0 Å². The van der Waals surface area contributed by atoms with E-state index in [1.165, 1.54) is 24.3 Å². The Morgan fingerprint density at radius 3 is 2.20 bits per heavy atom. The van der Waals surface area contributed by atoms with Gasteiger partial charge >= 0.3 is 12.2 Å². The number of alkyl halides is 3. The predicted molar refractivity (Wildman–Crippen MR) is 107 cm³/mol. The molecule has 156 valence electrons. The normalized spacial score (nSPS) is 11.7. The molecule has 0 radical (unpaired) electrons. The highest BCUT2D eigenvalue weighted by Gasteiger charge is 2.30. The Kier molecular flexibility index (Phi) is 5.81. The fraction of sp³-hybridized carbons (Fsp3) is 0.0500. The van der Waals surface area contributed by atoms with Crippen molar-refractivity contribution in [3.63, 3.8) is 0 Å². The van der Waals surface area contributed by atoms with Crippen LogP contribution >= 0.6 is 0 Å². The van der Waals surface area contributed by atoms with E-state index in [1.807, 2.05) is 0 Å². The minimum atomic E-state index is -4.56. The molecular formula is C20H16F3N3O3S. The summed E-state index contributed by atoms with van der Waals surface area (Å²) in [7, 11) is -4.04. The van der Waals surface area contributed by atoms with Gasteiger partial charge in [-0.3, -0.25) is 0 Å². The summed E-state index contributed by atoms with van der Waals surface area (Å²) in [6.07, 6.45) is -4.56. The Morgan fingerprint density at radius 2 is 1.57 bits per heavy atom. The number of nitrogens with one attached hydrogen (secondary N) is 2. The van der Waals surface area contributed by atoms with Gasteiger partial charge in [-0.05, 0) is 35.9 Å². The third kappa shape index (κ3) is 5.16. The van der Waals surface area contributed by atoms with Crippen molar-refractivity contribution < 1.29 is 26.4 Å². The smallest absolute Gasteiger partial charge is 0.308 e. The van der Waals surface area contributed by atoms with Crippen LogP contribution < -0.4 is 15.8 Å². The van der Waals surface area contributed by atoms with Crippen LogP contribution in [0.1, 0.15) is 5.56 Å². The van der Waals surface area contributed by atoms with Gasteiger partial charge in [-0.1, -0.05) is 42.5 Å². The summed E-state index contributed by atoms with van der Waals surface area (Å²) in [5.74, 6) is 0. The number of halogens is 3. The number of hydrogen-bond donors (Lipinski definition) is 3. The molecule has 0 bridgehead atoms. The zero-order chi connectivity index (χ0) is 21.9. The van der Waals surface area contributed by atoms with E-state index >= 15 is 0 Å². The van der Waals surface area contributed by atoms with Gasteiger partial charge < -0.3 is 10.6 Å². The Morgan fingerprint density at radius 1 is 0.867 bits per heavy atom. The first-order valence-electron chi connectivity index (χ1n) is 8.51. The maximum atomic E-state index is 12.9. The topological polar surface area (TPSA) is 101 Å². The molecule has 30 heavy (non-hydrogen) atoms. The first-order chi connectivity index (χ1) is 14.0. The molecule has 2 amide bonds. The zero-order valence-electron chi connectivity index (χ0n) is 15.3. The van der Waals surface area contributed by atoms with E-state index in [2.05, 4.69) is 10.6 Å². The van der Waals surface area contributed by atoms with Crippen molar-refractivity contribution in [1.82, 2.24) is 0 Å². The van der Waals surface area contributed by atoms with Crippen molar-refractivity contribution in [1.29, 1.82) is 0 Å². The van der Waals surface area contributed by atoms with E-state index < -0.39 is 27.8 Å². The molecule has 0 aliphatic carbocycles. The molecule has 3 aromatic carbocycles. The molecule has 4 N–H and O–H groups in total. The van der Waals surface area contributed by atoms with Crippen LogP contribution in [0.3, 0.4) is 0 Å². The first-order valence-corrected chi connectivity index (χ1v) is 10.1. The maximum absolute atomic E-state index is 12.9. The molecule has 0 aliphatic heterocycles. The Hall–Kier alpha value is -3.37.